The maximum absolute atomic E-state index is 13.6. The lowest BCUT2D eigenvalue weighted by molar-refractivity contribution is 0.293. The quantitative estimate of drug-likeness (QED) is 0.815. The first-order valence-electron chi connectivity index (χ1n) is 9.49. The number of hydrogen-bond acceptors (Lipinski definition) is 4. The maximum Gasteiger partial charge on any atom is 0.264 e. The van der Waals surface area contributed by atoms with Crippen LogP contribution in [0.3, 0.4) is 0 Å². The van der Waals surface area contributed by atoms with Crippen LogP contribution in [0.25, 0.3) is 0 Å². The molecule has 0 N–H and O–H groups in total. The largest absolute Gasteiger partial charge is 0.374 e. The highest BCUT2D eigenvalue weighted by Gasteiger charge is 2.34. The normalized spacial score (nSPS) is 19.8. The molecule has 4 rings (SSSR count). The monoisotopic (exact) mass is 385 g/mol. The molecule has 2 aromatic carbocycles. The highest BCUT2D eigenvalue weighted by molar-refractivity contribution is 7.92. The Hall–Kier alpha value is -2.05. The number of para-hydroxylation sites is 1. The summed E-state index contributed by atoms with van der Waals surface area (Å²) in [7, 11) is 2.44. The van der Waals surface area contributed by atoms with Crippen LogP contribution >= 0.6 is 0 Å². The first-order valence-corrected chi connectivity index (χ1v) is 10.9. The standard InChI is InChI=1S/C21H27N3O2S/c1-22(2)18-13-17-7-4-5-9-20(17)24(15-18)27(25,26)19-11-10-16-8-6-12-23(3)21(16)14-19/h4-5,7,9-11,14,18H,6,8,12-13,15H2,1-3H3. The van der Waals surface area contributed by atoms with E-state index in [1.54, 1.807) is 10.4 Å². The number of nitrogens with zero attached hydrogens (tertiary/aromatic N) is 3. The van der Waals surface area contributed by atoms with Crippen molar-refractivity contribution in [1.29, 1.82) is 0 Å². The molecule has 2 aromatic rings. The Morgan fingerprint density at radius 3 is 2.59 bits per heavy atom. The van der Waals surface area contributed by atoms with Crippen molar-refractivity contribution in [3.63, 3.8) is 0 Å². The van der Waals surface area contributed by atoms with E-state index in [0.717, 1.165) is 42.7 Å². The van der Waals surface area contributed by atoms with Crippen molar-refractivity contribution in [1.82, 2.24) is 4.90 Å². The fourth-order valence-corrected chi connectivity index (χ4v) is 5.69. The predicted molar refractivity (Wildman–Crippen MR) is 110 cm³/mol. The third kappa shape index (κ3) is 3.21. The zero-order valence-corrected chi connectivity index (χ0v) is 17.0. The zero-order chi connectivity index (χ0) is 19.2. The van der Waals surface area contributed by atoms with Crippen molar-refractivity contribution < 1.29 is 8.42 Å². The molecule has 2 aliphatic rings. The molecule has 0 aliphatic carbocycles. The van der Waals surface area contributed by atoms with Crippen molar-refractivity contribution in [2.75, 3.05) is 43.4 Å². The molecule has 0 radical (unpaired) electrons. The summed E-state index contributed by atoms with van der Waals surface area (Å²) >= 11 is 0. The number of fused-ring (bicyclic) bond motifs is 2. The first kappa shape index (κ1) is 18.3. The van der Waals surface area contributed by atoms with E-state index in [1.165, 1.54) is 5.56 Å². The van der Waals surface area contributed by atoms with E-state index in [9.17, 15) is 8.42 Å². The van der Waals surface area contributed by atoms with Crippen LogP contribution in [0.4, 0.5) is 11.4 Å². The number of hydrogen-bond donors (Lipinski definition) is 0. The van der Waals surface area contributed by atoms with Gasteiger partial charge in [0.25, 0.3) is 10.0 Å². The summed E-state index contributed by atoms with van der Waals surface area (Å²) in [4.78, 5) is 4.65. The molecule has 1 unspecified atom stereocenters. The molecule has 0 aromatic heterocycles. The molecule has 6 heteroatoms. The SMILES string of the molecule is CN1CCCc2ccc(S(=O)(=O)N3CC(N(C)C)Cc4ccccc43)cc21. The minimum Gasteiger partial charge on any atom is -0.374 e. The van der Waals surface area contributed by atoms with Gasteiger partial charge >= 0.3 is 0 Å². The second-order valence-corrected chi connectivity index (χ2v) is 9.66. The zero-order valence-electron chi connectivity index (χ0n) is 16.2. The smallest absolute Gasteiger partial charge is 0.264 e. The van der Waals surface area contributed by atoms with Crippen LogP contribution in [-0.2, 0) is 22.9 Å². The van der Waals surface area contributed by atoms with E-state index in [-0.39, 0.29) is 6.04 Å². The molecule has 0 amide bonds. The molecule has 0 saturated carbocycles. The van der Waals surface area contributed by atoms with Crippen LogP contribution in [0, 0.1) is 0 Å². The third-order valence-corrected chi connectivity index (χ3v) is 7.59. The number of anilines is 2. The summed E-state index contributed by atoms with van der Waals surface area (Å²) in [6.45, 7) is 1.44. The van der Waals surface area contributed by atoms with Gasteiger partial charge in [-0.15, -0.1) is 0 Å². The van der Waals surface area contributed by atoms with E-state index in [0.29, 0.717) is 11.4 Å². The average Bonchev–Trinajstić information content (AvgIpc) is 2.67. The third-order valence-electron chi connectivity index (χ3n) is 5.82. The summed E-state index contributed by atoms with van der Waals surface area (Å²) in [6.07, 6.45) is 2.98. The molecular weight excluding hydrogens is 358 g/mol. The Bertz CT molecular complexity index is 956. The topological polar surface area (TPSA) is 43.9 Å². The van der Waals surface area contributed by atoms with Crippen LogP contribution in [0.15, 0.2) is 47.4 Å². The van der Waals surface area contributed by atoms with Crippen molar-refractivity contribution in [2.45, 2.75) is 30.2 Å². The molecule has 27 heavy (non-hydrogen) atoms. The molecule has 144 valence electrons. The van der Waals surface area contributed by atoms with E-state index < -0.39 is 10.0 Å². The fourth-order valence-electron chi connectivity index (χ4n) is 4.13. The Morgan fingerprint density at radius 2 is 1.81 bits per heavy atom. The fraction of sp³-hybridized carbons (Fsp3) is 0.429. The highest BCUT2D eigenvalue weighted by Crippen LogP contribution is 2.35. The van der Waals surface area contributed by atoms with Gasteiger partial charge in [-0.25, -0.2) is 8.42 Å². The van der Waals surface area contributed by atoms with Crippen LogP contribution in [0.1, 0.15) is 17.5 Å². The van der Waals surface area contributed by atoms with E-state index in [4.69, 9.17) is 0 Å². The van der Waals surface area contributed by atoms with Gasteiger partial charge in [0.15, 0.2) is 0 Å². The molecule has 0 saturated heterocycles. The summed E-state index contributed by atoms with van der Waals surface area (Å²) in [5.74, 6) is 0. The molecule has 0 spiro atoms. The van der Waals surface area contributed by atoms with Crippen molar-refractivity contribution in [3.05, 3.63) is 53.6 Å². The van der Waals surface area contributed by atoms with Crippen LogP contribution in [0.2, 0.25) is 0 Å². The van der Waals surface area contributed by atoms with Gasteiger partial charge in [-0.2, -0.15) is 0 Å². The van der Waals surface area contributed by atoms with E-state index in [2.05, 4.69) is 9.80 Å². The molecule has 2 aliphatic heterocycles. The van der Waals surface area contributed by atoms with Gasteiger partial charge in [0.05, 0.1) is 17.1 Å². The lowest BCUT2D eigenvalue weighted by Crippen LogP contribution is -2.48. The lowest BCUT2D eigenvalue weighted by Gasteiger charge is -2.38. The van der Waals surface area contributed by atoms with Gasteiger partial charge < -0.3 is 9.80 Å². The summed E-state index contributed by atoms with van der Waals surface area (Å²) in [5, 5.41) is 0. The highest BCUT2D eigenvalue weighted by atomic mass is 32.2. The molecule has 1 atom stereocenters. The van der Waals surface area contributed by atoms with Gasteiger partial charge in [-0.3, -0.25) is 4.31 Å². The Labute approximate surface area is 162 Å². The average molecular weight is 386 g/mol. The molecule has 0 bridgehead atoms. The predicted octanol–water partition coefficient (Wildman–Crippen LogP) is 2.75. The van der Waals surface area contributed by atoms with Crippen LogP contribution in [0.5, 0.6) is 0 Å². The number of benzene rings is 2. The van der Waals surface area contributed by atoms with Crippen molar-refractivity contribution in [3.8, 4) is 0 Å². The van der Waals surface area contributed by atoms with E-state index >= 15 is 0 Å². The van der Waals surface area contributed by atoms with E-state index in [1.807, 2.05) is 57.5 Å². The summed E-state index contributed by atoms with van der Waals surface area (Å²) in [6, 6.07) is 13.6. The molecule has 2 heterocycles. The Kier molecular flexibility index (Phi) is 4.64. The van der Waals surface area contributed by atoms with Gasteiger partial charge in [0.1, 0.15) is 0 Å². The minimum atomic E-state index is -3.62. The first-order chi connectivity index (χ1) is 12.9. The molecule has 0 fully saturated rings. The van der Waals surface area contributed by atoms with Gasteiger partial charge in [-0.1, -0.05) is 24.3 Å². The molecule has 5 nitrogen and oxygen atoms in total. The van der Waals surface area contributed by atoms with Crippen molar-refractivity contribution >= 4 is 21.4 Å². The summed E-state index contributed by atoms with van der Waals surface area (Å²) in [5.41, 5.74) is 4.16. The van der Waals surface area contributed by atoms with Crippen LogP contribution in [-0.4, -0.2) is 53.6 Å². The lowest BCUT2D eigenvalue weighted by atomic mass is 9.99. The van der Waals surface area contributed by atoms with Gasteiger partial charge in [0, 0.05) is 25.3 Å². The Morgan fingerprint density at radius 1 is 1.04 bits per heavy atom. The second kappa shape index (κ2) is 6.84. The minimum absolute atomic E-state index is 0.162. The van der Waals surface area contributed by atoms with Crippen LogP contribution < -0.4 is 9.21 Å². The van der Waals surface area contributed by atoms with Crippen molar-refractivity contribution in [2.24, 2.45) is 0 Å². The summed E-state index contributed by atoms with van der Waals surface area (Å²) < 4.78 is 28.8. The van der Waals surface area contributed by atoms with Gasteiger partial charge in [0.2, 0.25) is 0 Å². The second-order valence-electron chi connectivity index (χ2n) is 7.80. The maximum atomic E-state index is 13.6. The number of rotatable bonds is 3. The Balaban J connectivity index is 1.78. The number of likely N-dealkylation sites (N-methyl/N-ethyl adjacent to an activating group) is 1. The molecular formula is C21H27N3O2S. The van der Waals surface area contributed by atoms with Gasteiger partial charge in [-0.05, 0) is 62.7 Å². The number of sulfonamides is 1. The number of aryl methyl sites for hydroxylation is 1.